The zero-order chi connectivity index (χ0) is 23.2. The normalized spacial score (nSPS) is 19.4. The van der Waals surface area contributed by atoms with Crippen LogP contribution in [0.5, 0.6) is 0 Å². The molecule has 7 nitrogen and oxygen atoms in total. The van der Waals surface area contributed by atoms with E-state index in [9.17, 15) is 22.8 Å². The van der Waals surface area contributed by atoms with Crippen LogP contribution >= 0.6 is 0 Å². The second-order valence-corrected chi connectivity index (χ2v) is 8.76. The monoisotopic (exact) mass is 459 g/mol. The molecule has 1 saturated heterocycles. The average molecular weight is 459 g/mol. The lowest BCUT2D eigenvalue weighted by molar-refractivity contribution is -0.141. The summed E-state index contributed by atoms with van der Waals surface area (Å²) in [6.07, 6.45) is -1.37. The van der Waals surface area contributed by atoms with Crippen LogP contribution in [0.2, 0.25) is 0 Å². The van der Waals surface area contributed by atoms with Gasteiger partial charge in [0.15, 0.2) is 0 Å². The van der Waals surface area contributed by atoms with Crippen LogP contribution in [0.15, 0.2) is 52.2 Å². The average Bonchev–Trinajstić information content (AvgIpc) is 3.18. The predicted octanol–water partition coefficient (Wildman–Crippen LogP) is 2.39. The van der Waals surface area contributed by atoms with Crippen molar-refractivity contribution >= 4 is 11.0 Å². The summed E-state index contributed by atoms with van der Waals surface area (Å²) in [5, 5.41) is 4.29. The fraction of sp³-hybridized carbons (Fsp3) is 0.435. The van der Waals surface area contributed by atoms with Crippen LogP contribution in [0.25, 0.3) is 11.0 Å². The Morgan fingerprint density at radius 2 is 1.73 bits per heavy atom. The molecule has 0 amide bonds. The molecule has 0 spiro atoms. The van der Waals surface area contributed by atoms with E-state index in [1.165, 1.54) is 12.3 Å². The zero-order valence-corrected chi connectivity index (χ0v) is 17.9. The third kappa shape index (κ3) is 4.32. The van der Waals surface area contributed by atoms with Crippen molar-refractivity contribution < 1.29 is 13.2 Å². The van der Waals surface area contributed by atoms with E-state index < -0.39 is 11.9 Å². The van der Waals surface area contributed by atoms with Gasteiger partial charge >= 0.3 is 6.18 Å². The van der Waals surface area contributed by atoms with Crippen LogP contribution in [0, 0.1) is 0 Å². The standard InChI is InChI=1S/C23H24F3N5O2/c24-23(25,26)19-4-1-15(12-28-19)11-27-17-7-9-29(10-8-17)13-18-14-30-20(32)5-2-16-3-6-21(33)31(18)22(16)30/h1-6,12,17-18,27H,7-11,13-14H2. The van der Waals surface area contributed by atoms with Gasteiger partial charge in [0.25, 0.3) is 11.1 Å². The molecular formula is C23H24F3N5O2. The fourth-order valence-corrected chi connectivity index (χ4v) is 4.87. The summed E-state index contributed by atoms with van der Waals surface area (Å²) in [5.41, 5.74) is 0.343. The molecule has 0 radical (unpaired) electrons. The molecule has 2 aliphatic rings. The number of likely N-dealkylation sites (tertiary alicyclic amines) is 1. The number of hydrogen-bond acceptors (Lipinski definition) is 5. The Kier molecular flexibility index (Phi) is 5.57. The summed E-state index contributed by atoms with van der Waals surface area (Å²) >= 11 is 0. The summed E-state index contributed by atoms with van der Waals surface area (Å²) < 4.78 is 41.4. The molecule has 33 heavy (non-hydrogen) atoms. The van der Waals surface area contributed by atoms with Gasteiger partial charge in [-0.05, 0) is 49.7 Å². The van der Waals surface area contributed by atoms with Crippen LogP contribution in [-0.2, 0) is 19.3 Å². The van der Waals surface area contributed by atoms with E-state index in [0.717, 1.165) is 37.4 Å². The Morgan fingerprint density at radius 1 is 1.00 bits per heavy atom. The summed E-state index contributed by atoms with van der Waals surface area (Å²) in [6, 6.07) is 9.26. The van der Waals surface area contributed by atoms with Crippen LogP contribution in [0.1, 0.15) is 30.1 Å². The minimum Gasteiger partial charge on any atom is -0.310 e. The zero-order valence-electron chi connectivity index (χ0n) is 17.9. The number of nitrogens with one attached hydrogen (secondary N) is 1. The van der Waals surface area contributed by atoms with E-state index in [1.54, 1.807) is 33.4 Å². The Bertz CT molecular complexity index is 1270. The van der Waals surface area contributed by atoms with Crippen molar-refractivity contribution in [2.75, 3.05) is 19.6 Å². The van der Waals surface area contributed by atoms with Gasteiger partial charge in [0.1, 0.15) is 11.3 Å². The van der Waals surface area contributed by atoms with Crippen molar-refractivity contribution in [1.29, 1.82) is 0 Å². The molecular weight excluding hydrogens is 435 g/mol. The highest BCUT2D eigenvalue weighted by atomic mass is 19.4. The lowest BCUT2D eigenvalue weighted by Crippen LogP contribution is -2.44. The quantitative estimate of drug-likeness (QED) is 0.635. The Balaban J connectivity index is 1.17. The number of alkyl halides is 3. The first-order valence-electron chi connectivity index (χ1n) is 11.0. The van der Waals surface area contributed by atoms with Crippen molar-refractivity contribution in [2.24, 2.45) is 0 Å². The SMILES string of the molecule is O=c1ccc2ccc(=O)n3c2n1CC3CN1CCC(NCc2ccc(C(F)(F)F)nc2)CC1. The number of hydrogen-bond donors (Lipinski definition) is 1. The second kappa shape index (κ2) is 8.42. The predicted molar refractivity (Wildman–Crippen MR) is 117 cm³/mol. The molecule has 0 bridgehead atoms. The fourth-order valence-electron chi connectivity index (χ4n) is 4.87. The molecule has 1 fully saturated rings. The lowest BCUT2D eigenvalue weighted by Gasteiger charge is -2.34. The maximum atomic E-state index is 12.6. The van der Waals surface area contributed by atoms with Gasteiger partial charge in [-0.25, -0.2) is 0 Å². The number of rotatable bonds is 5. The maximum absolute atomic E-state index is 12.6. The van der Waals surface area contributed by atoms with E-state index in [2.05, 4.69) is 15.2 Å². The highest BCUT2D eigenvalue weighted by Gasteiger charge is 2.32. The Morgan fingerprint density at radius 3 is 2.39 bits per heavy atom. The Labute approximate surface area is 187 Å². The molecule has 5 heterocycles. The van der Waals surface area contributed by atoms with Crippen molar-refractivity contribution in [3.63, 3.8) is 0 Å². The minimum atomic E-state index is -4.43. The molecule has 174 valence electrons. The molecule has 0 aliphatic carbocycles. The molecule has 0 saturated carbocycles. The molecule has 3 aromatic rings. The van der Waals surface area contributed by atoms with Crippen molar-refractivity contribution in [3.8, 4) is 0 Å². The van der Waals surface area contributed by atoms with Gasteiger partial charge in [-0.15, -0.1) is 0 Å². The molecule has 10 heteroatoms. The summed E-state index contributed by atoms with van der Waals surface area (Å²) in [6.45, 7) is 3.34. The van der Waals surface area contributed by atoms with Gasteiger partial charge in [0.05, 0.1) is 6.04 Å². The van der Waals surface area contributed by atoms with Crippen LogP contribution in [0.4, 0.5) is 13.2 Å². The van der Waals surface area contributed by atoms with Gasteiger partial charge in [0.2, 0.25) is 0 Å². The molecule has 1 atom stereocenters. The van der Waals surface area contributed by atoms with Gasteiger partial charge in [-0.3, -0.25) is 23.7 Å². The third-order valence-corrected chi connectivity index (χ3v) is 6.58. The molecule has 3 aromatic heterocycles. The first kappa shape index (κ1) is 21.8. The highest BCUT2D eigenvalue weighted by Crippen LogP contribution is 2.27. The van der Waals surface area contributed by atoms with Crippen LogP contribution < -0.4 is 16.4 Å². The molecule has 2 aliphatic heterocycles. The summed E-state index contributed by atoms with van der Waals surface area (Å²) in [7, 11) is 0. The second-order valence-electron chi connectivity index (χ2n) is 8.76. The number of piperidine rings is 1. The third-order valence-electron chi connectivity index (χ3n) is 6.58. The maximum Gasteiger partial charge on any atom is 0.433 e. The minimum absolute atomic E-state index is 0.0842. The van der Waals surface area contributed by atoms with E-state index >= 15 is 0 Å². The van der Waals surface area contributed by atoms with Gasteiger partial charge in [0, 0.05) is 49.4 Å². The van der Waals surface area contributed by atoms with E-state index in [4.69, 9.17) is 0 Å². The smallest absolute Gasteiger partial charge is 0.310 e. The van der Waals surface area contributed by atoms with Crippen molar-refractivity contribution in [2.45, 2.75) is 44.2 Å². The van der Waals surface area contributed by atoms with E-state index in [-0.39, 0.29) is 23.2 Å². The topological polar surface area (TPSA) is 72.2 Å². The van der Waals surface area contributed by atoms with Crippen molar-refractivity contribution in [1.82, 2.24) is 24.3 Å². The van der Waals surface area contributed by atoms with E-state index in [0.29, 0.717) is 30.8 Å². The number of pyridine rings is 3. The largest absolute Gasteiger partial charge is 0.433 e. The van der Waals surface area contributed by atoms with Crippen LogP contribution in [-0.4, -0.2) is 44.7 Å². The molecule has 1 N–H and O–H groups in total. The molecule has 0 aromatic carbocycles. The van der Waals surface area contributed by atoms with Gasteiger partial charge in [-0.1, -0.05) is 6.07 Å². The Hall–Kier alpha value is -2.98. The first-order chi connectivity index (χ1) is 15.8. The molecule has 1 unspecified atom stereocenters. The number of halogens is 3. The summed E-state index contributed by atoms with van der Waals surface area (Å²) in [4.78, 5) is 30.7. The van der Waals surface area contributed by atoms with Gasteiger partial charge < -0.3 is 10.2 Å². The van der Waals surface area contributed by atoms with E-state index in [1.807, 2.05) is 0 Å². The van der Waals surface area contributed by atoms with Crippen molar-refractivity contribution in [3.05, 3.63) is 74.6 Å². The summed E-state index contributed by atoms with van der Waals surface area (Å²) in [5.74, 6) is 0. The lowest BCUT2D eigenvalue weighted by atomic mass is 10.0. The van der Waals surface area contributed by atoms with Crippen LogP contribution in [0.3, 0.4) is 0 Å². The molecule has 5 rings (SSSR count). The number of aromatic nitrogens is 3. The highest BCUT2D eigenvalue weighted by molar-refractivity contribution is 5.76. The first-order valence-corrected chi connectivity index (χ1v) is 11.0. The van der Waals surface area contributed by atoms with Gasteiger partial charge in [-0.2, -0.15) is 13.2 Å². The number of nitrogens with zero attached hydrogens (tertiary/aromatic N) is 4.